The highest BCUT2D eigenvalue weighted by molar-refractivity contribution is 5.45. The first kappa shape index (κ1) is 14.6. The maximum atomic E-state index is 12.8. The van der Waals surface area contributed by atoms with Crippen molar-refractivity contribution in [2.45, 2.75) is 57.4 Å². The minimum atomic E-state index is -4.19. The Morgan fingerprint density at radius 1 is 1.24 bits per heavy atom. The summed E-state index contributed by atoms with van der Waals surface area (Å²) in [4.78, 5) is 5.73. The molecule has 0 aromatic carbocycles. The molecule has 0 bridgehead atoms. The van der Waals surface area contributed by atoms with Crippen LogP contribution in [0.3, 0.4) is 0 Å². The Morgan fingerprint density at radius 2 is 1.95 bits per heavy atom. The molecule has 6 heteroatoms. The number of hydrogen-bond acceptors (Lipinski definition) is 3. The van der Waals surface area contributed by atoms with Gasteiger partial charge in [0.05, 0.1) is 0 Å². The fourth-order valence-electron chi connectivity index (χ4n) is 2.50. The number of aromatic nitrogens is 1. The van der Waals surface area contributed by atoms with Crippen molar-refractivity contribution in [2.75, 3.05) is 11.4 Å². The molecular weight excluding hydrogens is 279 g/mol. The van der Waals surface area contributed by atoms with Gasteiger partial charge >= 0.3 is 6.18 Å². The molecule has 1 heterocycles. The first-order valence-corrected chi connectivity index (χ1v) is 7.45. The lowest BCUT2D eigenvalue weighted by Crippen LogP contribution is -2.36. The van der Waals surface area contributed by atoms with Gasteiger partial charge in [-0.3, -0.25) is 0 Å². The first-order valence-electron chi connectivity index (χ1n) is 7.45. The van der Waals surface area contributed by atoms with E-state index < -0.39 is 12.7 Å². The molecule has 0 amide bonds. The molecule has 0 saturated heterocycles. The van der Waals surface area contributed by atoms with Gasteiger partial charge in [-0.2, -0.15) is 13.2 Å². The predicted octanol–water partition coefficient (Wildman–Crippen LogP) is 3.17. The quantitative estimate of drug-likeness (QED) is 0.874. The minimum Gasteiger partial charge on any atom is -0.345 e. The fraction of sp³-hybridized carbons (Fsp3) is 0.667. The van der Waals surface area contributed by atoms with Crippen molar-refractivity contribution in [3.63, 3.8) is 0 Å². The summed E-state index contributed by atoms with van der Waals surface area (Å²) in [5, 5.41) is 3.39. The SMILES string of the molecule is Cc1cc(CNC2CC2)cc(N(CC(F)(F)F)C2CC2)n1. The lowest BCUT2D eigenvalue weighted by Gasteiger charge is -2.25. The van der Waals surface area contributed by atoms with Gasteiger partial charge in [0.1, 0.15) is 12.4 Å². The van der Waals surface area contributed by atoms with Crippen LogP contribution in [0.1, 0.15) is 36.9 Å². The standard InChI is InChI=1S/C15H20F3N3/c1-10-6-11(8-19-12-2-3-12)7-14(20-10)21(13-4-5-13)9-15(16,17)18/h6-7,12-13,19H,2-5,8-9H2,1H3. The summed E-state index contributed by atoms with van der Waals surface area (Å²) in [5.74, 6) is 0.461. The van der Waals surface area contributed by atoms with Crippen molar-refractivity contribution in [1.82, 2.24) is 10.3 Å². The largest absolute Gasteiger partial charge is 0.405 e. The van der Waals surface area contributed by atoms with Gasteiger partial charge in [0, 0.05) is 24.3 Å². The molecule has 3 rings (SSSR count). The van der Waals surface area contributed by atoms with Gasteiger partial charge < -0.3 is 10.2 Å². The molecular formula is C15H20F3N3. The molecule has 0 aliphatic heterocycles. The molecule has 0 radical (unpaired) electrons. The third-order valence-corrected chi connectivity index (χ3v) is 3.80. The van der Waals surface area contributed by atoms with Gasteiger partial charge in [-0.05, 0) is 50.3 Å². The maximum Gasteiger partial charge on any atom is 0.405 e. The molecule has 2 saturated carbocycles. The number of nitrogens with one attached hydrogen (secondary N) is 1. The Kier molecular flexibility index (Phi) is 3.82. The zero-order chi connectivity index (χ0) is 15.0. The Balaban J connectivity index is 1.77. The number of alkyl halides is 3. The van der Waals surface area contributed by atoms with E-state index in [-0.39, 0.29) is 6.04 Å². The summed E-state index contributed by atoms with van der Waals surface area (Å²) < 4.78 is 38.3. The highest BCUT2D eigenvalue weighted by Crippen LogP contribution is 2.34. The number of aryl methyl sites for hydroxylation is 1. The van der Waals surface area contributed by atoms with Crippen LogP contribution >= 0.6 is 0 Å². The van der Waals surface area contributed by atoms with Crippen LogP contribution in [-0.2, 0) is 6.54 Å². The van der Waals surface area contributed by atoms with E-state index in [1.54, 1.807) is 6.07 Å². The van der Waals surface area contributed by atoms with E-state index >= 15 is 0 Å². The van der Waals surface area contributed by atoms with E-state index in [2.05, 4.69) is 10.3 Å². The van der Waals surface area contributed by atoms with Crippen LogP contribution < -0.4 is 10.2 Å². The van der Waals surface area contributed by atoms with E-state index in [1.165, 1.54) is 17.7 Å². The lowest BCUT2D eigenvalue weighted by atomic mass is 10.2. The molecule has 0 unspecified atom stereocenters. The zero-order valence-electron chi connectivity index (χ0n) is 12.1. The van der Waals surface area contributed by atoms with Crippen LogP contribution in [-0.4, -0.2) is 29.8 Å². The molecule has 0 atom stereocenters. The van der Waals surface area contributed by atoms with Crippen LogP contribution in [0.4, 0.5) is 19.0 Å². The van der Waals surface area contributed by atoms with Crippen molar-refractivity contribution in [2.24, 2.45) is 0 Å². The summed E-state index contributed by atoms with van der Waals surface area (Å²) in [6, 6.07) is 4.31. The predicted molar refractivity (Wildman–Crippen MR) is 75.3 cm³/mol. The Bertz CT molecular complexity index is 507. The number of nitrogens with zero attached hydrogens (tertiary/aromatic N) is 2. The Hall–Kier alpha value is -1.30. The van der Waals surface area contributed by atoms with Crippen LogP contribution in [0.15, 0.2) is 12.1 Å². The highest BCUT2D eigenvalue weighted by atomic mass is 19.4. The second-order valence-corrected chi connectivity index (χ2v) is 6.10. The highest BCUT2D eigenvalue weighted by Gasteiger charge is 2.38. The summed E-state index contributed by atoms with van der Waals surface area (Å²) in [6.07, 6.45) is -0.165. The first-order chi connectivity index (χ1) is 9.90. The molecule has 3 nitrogen and oxygen atoms in total. The smallest absolute Gasteiger partial charge is 0.345 e. The summed E-state index contributed by atoms with van der Waals surface area (Å²) in [6.45, 7) is 1.62. The van der Waals surface area contributed by atoms with Gasteiger partial charge in [0.2, 0.25) is 0 Å². The zero-order valence-corrected chi connectivity index (χ0v) is 12.1. The van der Waals surface area contributed by atoms with Crippen LogP contribution in [0.2, 0.25) is 0 Å². The molecule has 1 N–H and O–H groups in total. The fourth-order valence-corrected chi connectivity index (χ4v) is 2.50. The van der Waals surface area contributed by atoms with Crippen molar-refractivity contribution in [1.29, 1.82) is 0 Å². The second-order valence-electron chi connectivity index (χ2n) is 6.10. The maximum absolute atomic E-state index is 12.8. The third-order valence-electron chi connectivity index (χ3n) is 3.80. The van der Waals surface area contributed by atoms with Crippen molar-refractivity contribution < 1.29 is 13.2 Å². The molecule has 2 fully saturated rings. The van der Waals surface area contributed by atoms with Gasteiger partial charge in [-0.15, -0.1) is 0 Å². The monoisotopic (exact) mass is 299 g/mol. The van der Waals surface area contributed by atoms with Crippen molar-refractivity contribution in [3.8, 4) is 0 Å². The van der Waals surface area contributed by atoms with E-state index in [1.807, 2.05) is 13.0 Å². The average molecular weight is 299 g/mol. The van der Waals surface area contributed by atoms with Gasteiger partial charge in [-0.25, -0.2) is 4.98 Å². The second kappa shape index (κ2) is 5.48. The van der Waals surface area contributed by atoms with Crippen molar-refractivity contribution >= 4 is 5.82 Å². The molecule has 116 valence electrons. The van der Waals surface area contributed by atoms with E-state index in [0.29, 0.717) is 18.4 Å². The Labute approximate surface area is 122 Å². The lowest BCUT2D eigenvalue weighted by molar-refractivity contribution is -0.120. The van der Waals surface area contributed by atoms with Gasteiger partial charge in [-0.1, -0.05) is 0 Å². The number of hydrogen-bond donors (Lipinski definition) is 1. The van der Waals surface area contributed by atoms with E-state index in [9.17, 15) is 13.2 Å². The minimum absolute atomic E-state index is 0.00911. The number of rotatable bonds is 6. The van der Waals surface area contributed by atoms with Crippen molar-refractivity contribution in [3.05, 3.63) is 23.4 Å². The van der Waals surface area contributed by atoms with E-state index in [0.717, 1.165) is 24.1 Å². The number of pyridine rings is 1. The summed E-state index contributed by atoms with van der Waals surface area (Å²) >= 11 is 0. The van der Waals surface area contributed by atoms with Crippen LogP contribution in [0, 0.1) is 6.92 Å². The van der Waals surface area contributed by atoms with Crippen LogP contribution in [0.25, 0.3) is 0 Å². The number of halogens is 3. The average Bonchev–Trinajstić information content (AvgIpc) is 3.25. The number of anilines is 1. The van der Waals surface area contributed by atoms with Gasteiger partial charge in [0.25, 0.3) is 0 Å². The van der Waals surface area contributed by atoms with Crippen LogP contribution in [0.5, 0.6) is 0 Å². The molecule has 1 aromatic heterocycles. The Morgan fingerprint density at radius 3 is 2.52 bits per heavy atom. The molecule has 2 aliphatic rings. The molecule has 21 heavy (non-hydrogen) atoms. The van der Waals surface area contributed by atoms with Gasteiger partial charge in [0.15, 0.2) is 0 Å². The normalized spacial score (nSPS) is 18.9. The molecule has 2 aliphatic carbocycles. The molecule has 0 spiro atoms. The van der Waals surface area contributed by atoms with E-state index in [4.69, 9.17) is 0 Å². The topological polar surface area (TPSA) is 28.2 Å². The summed E-state index contributed by atoms with van der Waals surface area (Å²) in [7, 11) is 0. The summed E-state index contributed by atoms with van der Waals surface area (Å²) in [5.41, 5.74) is 1.78. The third kappa shape index (κ3) is 4.33. The molecule has 1 aromatic rings.